The van der Waals surface area contributed by atoms with Crippen LogP contribution in [-0.4, -0.2) is 58.7 Å². The van der Waals surface area contributed by atoms with E-state index < -0.39 is 35.5 Å². The molecule has 0 aliphatic carbocycles. The topological polar surface area (TPSA) is 131 Å². The fourth-order valence-electron chi connectivity index (χ4n) is 5.85. The number of rotatable bonds is 9. The van der Waals surface area contributed by atoms with E-state index in [1.807, 2.05) is 19.0 Å². The van der Waals surface area contributed by atoms with Crippen molar-refractivity contribution >= 4 is 45.0 Å². The van der Waals surface area contributed by atoms with Crippen molar-refractivity contribution in [1.82, 2.24) is 24.5 Å². The van der Waals surface area contributed by atoms with Gasteiger partial charge in [0.2, 0.25) is 5.91 Å². The molecule has 254 valence electrons. The van der Waals surface area contributed by atoms with E-state index in [4.69, 9.17) is 0 Å². The third-order valence-corrected chi connectivity index (χ3v) is 9.42. The Morgan fingerprint density at radius 2 is 1.73 bits per heavy atom. The summed E-state index contributed by atoms with van der Waals surface area (Å²) in [6.45, 7) is 0.323. The summed E-state index contributed by atoms with van der Waals surface area (Å²) in [6, 6.07) is 12.9. The van der Waals surface area contributed by atoms with Gasteiger partial charge < -0.3 is 10.2 Å². The molecule has 0 radical (unpaired) electrons. The first kappa shape index (κ1) is 33.6. The summed E-state index contributed by atoms with van der Waals surface area (Å²) >= 11 is 1.16. The van der Waals surface area contributed by atoms with Crippen LogP contribution >= 0.6 is 11.3 Å². The molecule has 6 rings (SSSR count). The van der Waals surface area contributed by atoms with Crippen molar-refractivity contribution < 1.29 is 23.2 Å². The van der Waals surface area contributed by atoms with Crippen LogP contribution in [0, 0.1) is 11.6 Å². The predicted molar refractivity (Wildman–Crippen MR) is 183 cm³/mol. The van der Waals surface area contributed by atoms with Crippen molar-refractivity contribution in [2.75, 3.05) is 38.0 Å². The van der Waals surface area contributed by atoms with E-state index in [-0.39, 0.29) is 27.4 Å². The van der Waals surface area contributed by atoms with Gasteiger partial charge in [-0.05, 0) is 74.5 Å². The third-order valence-electron chi connectivity index (χ3n) is 8.12. The highest BCUT2D eigenvalue weighted by molar-refractivity contribution is 7.22. The fraction of sp³-hybridized carbons (Fsp3) is 0.265. The van der Waals surface area contributed by atoms with Gasteiger partial charge in [0.15, 0.2) is 0 Å². The minimum atomic E-state index is -0.832. The van der Waals surface area contributed by atoms with Crippen LogP contribution in [0.15, 0.2) is 70.4 Å². The second-order valence-electron chi connectivity index (χ2n) is 11.8. The van der Waals surface area contributed by atoms with Crippen molar-refractivity contribution in [2.24, 2.45) is 0 Å². The Balaban J connectivity index is 1.56. The van der Waals surface area contributed by atoms with Gasteiger partial charge in [-0.25, -0.2) is 33.4 Å². The standard InChI is InChI=1S/C34H33F2N7O5S/c1-40(2)18-24-29-31(45)43(22-14-15-27(37-17-22)41-16-5-4-9-28(41)44)34(47)42(19-23-25(35)7-6-8-26(23)36)32(29)49-30(24)20-10-12-21(13-11-20)38-33(46)39-48-3/h6-8,10-15,17H,4-5,9,16,18-19H2,1-3H3,(H2,38,39,46). The number of thiophene rings is 1. The molecular formula is C34H33F2N7O5S. The Hall–Kier alpha value is -5.25. The van der Waals surface area contributed by atoms with Gasteiger partial charge in [-0.3, -0.25) is 23.9 Å². The summed E-state index contributed by atoms with van der Waals surface area (Å²) < 4.78 is 32.2. The molecule has 1 fully saturated rings. The largest absolute Gasteiger partial charge is 0.343 e. The molecular weight excluding hydrogens is 656 g/mol. The van der Waals surface area contributed by atoms with E-state index in [0.717, 1.165) is 40.9 Å². The second kappa shape index (κ2) is 14.1. The van der Waals surface area contributed by atoms with Crippen LogP contribution in [0.5, 0.6) is 0 Å². The van der Waals surface area contributed by atoms with Crippen molar-refractivity contribution in [1.29, 1.82) is 0 Å². The van der Waals surface area contributed by atoms with Gasteiger partial charge in [-0.2, -0.15) is 0 Å². The summed E-state index contributed by atoms with van der Waals surface area (Å²) in [6.07, 6.45) is 3.40. The maximum atomic E-state index is 15.0. The molecule has 0 spiro atoms. The number of halogens is 2. The monoisotopic (exact) mass is 689 g/mol. The maximum absolute atomic E-state index is 15.0. The molecule has 2 aromatic carbocycles. The lowest BCUT2D eigenvalue weighted by Crippen LogP contribution is -2.39. The number of urea groups is 1. The Kier molecular flexibility index (Phi) is 9.67. The van der Waals surface area contributed by atoms with E-state index in [9.17, 15) is 19.2 Å². The smallest absolute Gasteiger partial charge is 0.306 e. The molecule has 0 unspecified atom stereocenters. The van der Waals surface area contributed by atoms with Crippen molar-refractivity contribution in [3.8, 4) is 16.1 Å². The molecule has 1 saturated heterocycles. The van der Waals surface area contributed by atoms with Crippen LogP contribution in [-0.2, 0) is 22.7 Å². The SMILES string of the molecule is CONC(=O)Nc1ccc(-c2sc3c(c2CN(C)C)c(=O)n(-c2ccc(N4CCCCC4=O)nc2)c(=O)n3Cc2c(F)cccc2F)cc1. The minimum Gasteiger partial charge on any atom is -0.306 e. The van der Waals surface area contributed by atoms with Crippen LogP contribution in [0.4, 0.5) is 25.1 Å². The molecule has 12 nitrogen and oxygen atoms in total. The lowest BCUT2D eigenvalue weighted by atomic mass is 10.1. The molecule has 0 atom stereocenters. The zero-order valence-electron chi connectivity index (χ0n) is 27.0. The number of anilines is 2. The van der Waals surface area contributed by atoms with Crippen LogP contribution < -0.4 is 26.9 Å². The van der Waals surface area contributed by atoms with Gasteiger partial charge in [0, 0.05) is 35.6 Å². The summed E-state index contributed by atoms with van der Waals surface area (Å²) in [5.74, 6) is -1.32. The second-order valence-corrected chi connectivity index (χ2v) is 12.8. The molecule has 1 aliphatic rings. The van der Waals surface area contributed by atoms with E-state index in [1.54, 1.807) is 35.2 Å². The van der Waals surface area contributed by atoms with Crippen molar-refractivity contribution in [3.63, 3.8) is 0 Å². The number of aromatic nitrogens is 3. The molecule has 1 aliphatic heterocycles. The minimum absolute atomic E-state index is 0.0551. The maximum Gasteiger partial charge on any atom is 0.343 e. The molecule has 49 heavy (non-hydrogen) atoms. The first-order valence-corrected chi connectivity index (χ1v) is 16.2. The van der Waals surface area contributed by atoms with Gasteiger partial charge in [0.25, 0.3) is 5.56 Å². The van der Waals surface area contributed by atoms with Gasteiger partial charge in [-0.15, -0.1) is 11.3 Å². The molecule has 3 aromatic heterocycles. The quantitative estimate of drug-likeness (QED) is 0.212. The normalized spacial score (nSPS) is 13.3. The van der Waals surface area contributed by atoms with Gasteiger partial charge >= 0.3 is 11.7 Å². The number of hydrogen-bond donors (Lipinski definition) is 2. The molecule has 2 N–H and O–H groups in total. The summed E-state index contributed by atoms with van der Waals surface area (Å²) in [7, 11) is 4.99. The fourth-order valence-corrected chi connectivity index (χ4v) is 7.15. The number of carbonyl (C=O) groups excluding carboxylic acids is 2. The van der Waals surface area contributed by atoms with E-state index in [2.05, 4.69) is 20.6 Å². The van der Waals surface area contributed by atoms with Gasteiger partial charge in [0.05, 0.1) is 30.9 Å². The zero-order chi connectivity index (χ0) is 34.8. The van der Waals surface area contributed by atoms with Crippen molar-refractivity contribution in [3.05, 3.63) is 104 Å². The van der Waals surface area contributed by atoms with Crippen LogP contribution in [0.3, 0.4) is 0 Å². The first-order valence-electron chi connectivity index (χ1n) is 15.4. The van der Waals surface area contributed by atoms with Crippen molar-refractivity contribution in [2.45, 2.75) is 32.4 Å². The average molecular weight is 690 g/mol. The molecule has 0 bridgehead atoms. The number of carbonyl (C=O) groups is 2. The van der Waals surface area contributed by atoms with Gasteiger partial charge in [0.1, 0.15) is 22.3 Å². The highest BCUT2D eigenvalue weighted by atomic mass is 32.1. The Bertz CT molecular complexity index is 2140. The van der Waals surface area contributed by atoms with E-state index >= 15 is 8.78 Å². The van der Waals surface area contributed by atoms with Crippen LogP contribution in [0.2, 0.25) is 0 Å². The zero-order valence-corrected chi connectivity index (χ0v) is 27.8. The molecule has 15 heteroatoms. The van der Waals surface area contributed by atoms with Crippen LogP contribution in [0.25, 0.3) is 26.3 Å². The average Bonchev–Trinajstić information content (AvgIpc) is 3.44. The Labute approximate surface area is 283 Å². The number of fused-ring (bicyclic) bond motifs is 1. The van der Waals surface area contributed by atoms with Gasteiger partial charge in [-0.1, -0.05) is 18.2 Å². The molecule has 0 saturated carbocycles. The number of benzene rings is 2. The highest BCUT2D eigenvalue weighted by Crippen LogP contribution is 2.38. The van der Waals surface area contributed by atoms with Crippen LogP contribution in [0.1, 0.15) is 30.4 Å². The lowest BCUT2D eigenvalue weighted by Gasteiger charge is -2.25. The number of amides is 3. The number of hydrogen-bond acceptors (Lipinski definition) is 8. The highest BCUT2D eigenvalue weighted by Gasteiger charge is 2.26. The molecule has 5 aromatic rings. The number of hydroxylamine groups is 1. The molecule has 4 heterocycles. The third kappa shape index (κ3) is 6.72. The predicted octanol–water partition coefficient (Wildman–Crippen LogP) is 4.86. The lowest BCUT2D eigenvalue weighted by molar-refractivity contribution is -0.119. The van der Waals surface area contributed by atoms with E-state index in [1.165, 1.54) is 30.0 Å². The molecule has 3 amide bonds. The summed E-state index contributed by atoms with van der Waals surface area (Å²) in [5.41, 5.74) is 2.33. The first-order chi connectivity index (χ1) is 23.6. The number of piperidine rings is 1. The summed E-state index contributed by atoms with van der Waals surface area (Å²) in [5, 5.41) is 2.84. The van der Waals surface area contributed by atoms with E-state index in [0.29, 0.717) is 47.0 Å². The number of pyridine rings is 1. The Morgan fingerprint density at radius 1 is 1.00 bits per heavy atom. The number of nitrogens with zero attached hydrogens (tertiary/aromatic N) is 5. The summed E-state index contributed by atoms with van der Waals surface area (Å²) in [4.78, 5) is 66.6. The number of nitrogens with one attached hydrogen (secondary N) is 2. The Morgan fingerprint density at radius 3 is 2.37 bits per heavy atom.